The van der Waals surface area contributed by atoms with Gasteiger partial charge in [-0.1, -0.05) is 25.1 Å². The van der Waals surface area contributed by atoms with Crippen LogP contribution in [-0.2, 0) is 21.4 Å². The largest absolute Gasteiger partial charge is 0.325 e. The molecule has 1 aliphatic heterocycles. The minimum atomic E-state index is -3.63. The molecule has 0 atom stereocenters. The van der Waals surface area contributed by atoms with E-state index >= 15 is 0 Å². The third-order valence-electron chi connectivity index (χ3n) is 5.47. The number of thioether (sulfide) groups is 1. The zero-order valence-corrected chi connectivity index (χ0v) is 18.2. The van der Waals surface area contributed by atoms with Crippen LogP contribution < -0.4 is 10.0 Å². The number of carbonyl (C=O) groups excluding carboxylic acids is 1. The molecule has 2 fully saturated rings. The van der Waals surface area contributed by atoms with E-state index in [2.05, 4.69) is 21.9 Å². The SMILES string of the molecule is CC1CCC(NS(=O)(=O)CC(=O)Nc2ccccc2CN2CCSCC2)CC1. The second-order valence-corrected chi connectivity index (χ2v) is 10.9. The summed E-state index contributed by atoms with van der Waals surface area (Å²) in [5.74, 6) is 1.88. The lowest BCUT2D eigenvalue weighted by Gasteiger charge is -2.27. The van der Waals surface area contributed by atoms with Crippen LogP contribution in [0.3, 0.4) is 0 Å². The Bertz CT molecular complexity index is 756. The van der Waals surface area contributed by atoms with E-state index in [4.69, 9.17) is 0 Å². The molecule has 0 unspecified atom stereocenters. The van der Waals surface area contributed by atoms with E-state index in [1.807, 2.05) is 36.0 Å². The highest BCUT2D eigenvalue weighted by molar-refractivity contribution is 7.99. The number of benzene rings is 1. The summed E-state index contributed by atoms with van der Waals surface area (Å²) < 4.78 is 27.5. The maximum absolute atomic E-state index is 12.4. The normalized spacial score (nSPS) is 24.0. The molecule has 2 N–H and O–H groups in total. The molecule has 0 bridgehead atoms. The zero-order valence-electron chi connectivity index (χ0n) is 16.5. The monoisotopic (exact) mass is 425 g/mol. The predicted octanol–water partition coefficient (Wildman–Crippen LogP) is 2.67. The highest BCUT2D eigenvalue weighted by Gasteiger charge is 2.25. The smallest absolute Gasteiger partial charge is 0.241 e. The van der Waals surface area contributed by atoms with Gasteiger partial charge in [0.25, 0.3) is 0 Å². The van der Waals surface area contributed by atoms with Gasteiger partial charge in [-0.25, -0.2) is 13.1 Å². The van der Waals surface area contributed by atoms with Gasteiger partial charge < -0.3 is 5.32 Å². The minimum Gasteiger partial charge on any atom is -0.325 e. The average molecular weight is 426 g/mol. The fourth-order valence-corrected chi connectivity index (χ4v) is 6.04. The summed E-state index contributed by atoms with van der Waals surface area (Å²) in [6.07, 6.45) is 3.75. The van der Waals surface area contributed by atoms with Crippen LogP contribution in [0.2, 0.25) is 0 Å². The van der Waals surface area contributed by atoms with Crippen molar-refractivity contribution in [3.63, 3.8) is 0 Å². The van der Waals surface area contributed by atoms with Crippen LogP contribution in [0.1, 0.15) is 38.2 Å². The molecule has 1 saturated carbocycles. The quantitative estimate of drug-likeness (QED) is 0.702. The molecule has 8 heteroatoms. The van der Waals surface area contributed by atoms with Crippen molar-refractivity contribution in [2.75, 3.05) is 35.7 Å². The number of amides is 1. The fraction of sp³-hybridized carbons (Fsp3) is 0.650. The molecule has 1 aliphatic carbocycles. The first-order chi connectivity index (χ1) is 13.4. The number of hydrogen-bond donors (Lipinski definition) is 2. The molecule has 0 radical (unpaired) electrons. The van der Waals surface area contributed by atoms with Gasteiger partial charge in [0.05, 0.1) is 0 Å². The van der Waals surface area contributed by atoms with Crippen molar-refractivity contribution in [3.8, 4) is 0 Å². The molecule has 3 rings (SSSR count). The van der Waals surface area contributed by atoms with Gasteiger partial charge in [0.2, 0.25) is 15.9 Å². The maximum atomic E-state index is 12.4. The van der Waals surface area contributed by atoms with Crippen LogP contribution in [0, 0.1) is 5.92 Å². The van der Waals surface area contributed by atoms with E-state index < -0.39 is 21.7 Å². The predicted molar refractivity (Wildman–Crippen MR) is 116 cm³/mol. The number of rotatable bonds is 7. The van der Waals surface area contributed by atoms with Crippen LogP contribution in [-0.4, -0.2) is 55.6 Å². The van der Waals surface area contributed by atoms with Crippen molar-refractivity contribution in [1.82, 2.24) is 9.62 Å². The van der Waals surface area contributed by atoms with Gasteiger partial charge in [-0.3, -0.25) is 9.69 Å². The first kappa shape index (κ1) is 21.6. The molecule has 6 nitrogen and oxygen atoms in total. The summed E-state index contributed by atoms with van der Waals surface area (Å²) in [5, 5.41) is 2.81. The molecule has 1 aromatic rings. The van der Waals surface area contributed by atoms with Crippen molar-refractivity contribution in [2.45, 2.75) is 45.2 Å². The number of nitrogens with one attached hydrogen (secondary N) is 2. The lowest BCUT2D eigenvalue weighted by molar-refractivity contribution is -0.113. The fourth-order valence-electron chi connectivity index (χ4n) is 3.81. The summed E-state index contributed by atoms with van der Waals surface area (Å²) >= 11 is 1.96. The number of para-hydroxylation sites is 1. The molecule has 156 valence electrons. The Morgan fingerprint density at radius 3 is 2.54 bits per heavy atom. The summed E-state index contributed by atoms with van der Waals surface area (Å²) in [7, 11) is -3.63. The van der Waals surface area contributed by atoms with Gasteiger partial charge in [-0.05, 0) is 43.2 Å². The summed E-state index contributed by atoms with van der Waals surface area (Å²) in [6, 6.07) is 7.60. The Morgan fingerprint density at radius 2 is 1.82 bits per heavy atom. The molecule has 0 aromatic heterocycles. The van der Waals surface area contributed by atoms with Crippen LogP contribution in [0.15, 0.2) is 24.3 Å². The summed E-state index contributed by atoms with van der Waals surface area (Å²) in [5.41, 5.74) is 1.72. The lowest BCUT2D eigenvalue weighted by Crippen LogP contribution is -2.41. The van der Waals surface area contributed by atoms with Gasteiger partial charge in [0, 0.05) is 42.9 Å². The van der Waals surface area contributed by atoms with Crippen molar-refractivity contribution in [3.05, 3.63) is 29.8 Å². The van der Waals surface area contributed by atoms with E-state index in [0.29, 0.717) is 11.6 Å². The second kappa shape index (κ2) is 10.1. The van der Waals surface area contributed by atoms with E-state index in [1.54, 1.807) is 0 Å². The van der Waals surface area contributed by atoms with Crippen LogP contribution >= 0.6 is 11.8 Å². The Balaban J connectivity index is 1.55. The van der Waals surface area contributed by atoms with E-state index in [1.165, 1.54) is 0 Å². The van der Waals surface area contributed by atoms with Gasteiger partial charge >= 0.3 is 0 Å². The summed E-state index contributed by atoms with van der Waals surface area (Å²) in [6.45, 7) is 5.02. The van der Waals surface area contributed by atoms with Crippen LogP contribution in [0.5, 0.6) is 0 Å². The molecular weight excluding hydrogens is 394 g/mol. The first-order valence-electron chi connectivity index (χ1n) is 10.1. The second-order valence-electron chi connectivity index (χ2n) is 7.93. The first-order valence-corrected chi connectivity index (χ1v) is 12.9. The Labute approximate surface area is 172 Å². The molecule has 28 heavy (non-hydrogen) atoms. The number of nitrogens with zero attached hydrogens (tertiary/aromatic N) is 1. The standard InChI is InChI=1S/C20H31N3O3S2/c1-16-6-8-18(9-7-16)22-28(25,26)15-20(24)21-19-5-3-2-4-17(19)14-23-10-12-27-13-11-23/h2-5,16,18,22H,6-15H2,1H3,(H,21,24). The van der Waals surface area contributed by atoms with Crippen molar-refractivity contribution < 1.29 is 13.2 Å². The highest BCUT2D eigenvalue weighted by atomic mass is 32.2. The third kappa shape index (κ3) is 6.76. The number of anilines is 1. The average Bonchev–Trinajstić information content (AvgIpc) is 2.65. The van der Waals surface area contributed by atoms with E-state index in [9.17, 15) is 13.2 Å². The Hall–Kier alpha value is -1.09. The molecular formula is C20H31N3O3S2. The minimum absolute atomic E-state index is 0.0433. The number of hydrogen-bond acceptors (Lipinski definition) is 5. The zero-order chi connectivity index (χ0) is 20.0. The Morgan fingerprint density at radius 1 is 1.14 bits per heavy atom. The highest BCUT2D eigenvalue weighted by Crippen LogP contribution is 2.24. The lowest BCUT2D eigenvalue weighted by atomic mass is 9.88. The molecule has 0 spiro atoms. The molecule has 1 saturated heterocycles. The van der Waals surface area contributed by atoms with Crippen molar-refractivity contribution in [2.24, 2.45) is 5.92 Å². The summed E-state index contributed by atoms with van der Waals surface area (Å²) in [4.78, 5) is 14.8. The van der Waals surface area contributed by atoms with E-state index in [0.717, 1.165) is 62.4 Å². The molecule has 2 aliphatic rings. The van der Waals surface area contributed by atoms with Gasteiger partial charge in [0.1, 0.15) is 5.75 Å². The van der Waals surface area contributed by atoms with Crippen molar-refractivity contribution >= 4 is 33.4 Å². The third-order valence-corrected chi connectivity index (χ3v) is 7.75. The van der Waals surface area contributed by atoms with Gasteiger partial charge in [-0.15, -0.1) is 0 Å². The number of sulfonamides is 1. The molecule has 1 heterocycles. The van der Waals surface area contributed by atoms with Gasteiger partial charge in [0.15, 0.2) is 0 Å². The maximum Gasteiger partial charge on any atom is 0.241 e. The Kier molecular flexibility index (Phi) is 7.79. The molecule has 1 amide bonds. The topological polar surface area (TPSA) is 78.5 Å². The number of carbonyl (C=O) groups is 1. The van der Waals surface area contributed by atoms with Crippen molar-refractivity contribution in [1.29, 1.82) is 0 Å². The van der Waals surface area contributed by atoms with Crippen LogP contribution in [0.25, 0.3) is 0 Å². The van der Waals surface area contributed by atoms with Crippen LogP contribution in [0.4, 0.5) is 5.69 Å². The van der Waals surface area contributed by atoms with E-state index in [-0.39, 0.29) is 6.04 Å². The molecule has 1 aromatic carbocycles. The van der Waals surface area contributed by atoms with Gasteiger partial charge in [-0.2, -0.15) is 11.8 Å².